The van der Waals surface area contributed by atoms with Crippen molar-refractivity contribution >= 4 is 33.4 Å². The number of benzene rings is 2. The van der Waals surface area contributed by atoms with Crippen molar-refractivity contribution in [1.29, 1.82) is 0 Å². The van der Waals surface area contributed by atoms with E-state index < -0.39 is 22.1 Å². The first-order valence-corrected chi connectivity index (χ1v) is 10.5. The Hall–Kier alpha value is -3.20. The highest BCUT2D eigenvalue weighted by molar-refractivity contribution is 7.90. The molecule has 0 saturated carbocycles. The Kier molecular flexibility index (Phi) is 5.97. The molecule has 29 heavy (non-hydrogen) atoms. The van der Waals surface area contributed by atoms with E-state index in [2.05, 4.69) is 9.71 Å². The van der Waals surface area contributed by atoms with Crippen molar-refractivity contribution in [3.63, 3.8) is 0 Å². The van der Waals surface area contributed by atoms with E-state index in [1.54, 1.807) is 37.4 Å². The van der Waals surface area contributed by atoms with Crippen LogP contribution in [0.4, 0.5) is 5.69 Å². The van der Waals surface area contributed by atoms with Gasteiger partial charge in [0.25, 0.3) is 15.9 Å². The van der Waals surface area contributed by atoms with Gasteiger partial charge in [-0.2, -0.15) is 0 Å². The van der Waals surface area contributed by atoms with Crippen LogP contribution in [0.1, 0.15) is 18.9 Å². The van der Waals surface area contributed by atoms with Crippen LogP contribution in [-0.2, 0) is 24.3 Å². The van der Waals surface area contributed by atoms with Crippen molar-refractivity contribution in [2.24, 2.45) is 4.99 Å². The highest BCUT2D eigenvalue weighted by Gasteiger charge is 2.30. The number of amides is 1. The van der Waals surface area contributed by atoms with Crippen molar-refractivity contribution in [3.8, 4) is 0 Å². The number of nitrogens with one attached hydrogen (secondary N) is 1. The molecular weight excluding hydrogens is 394 g/mol. The Bertz CT molecular complexity index is 1050. The summed E-state index contributed by atoms with van der Waals surface area (Å²) in [6, 6.07) is 15.5. The van der Waals surface area contributed by atoms with Crippen LogP contribution in [0.15, 0.2) is 64.5 Å². The lowest BCUT2D eigenvalue weighted by Gasteiger charge is -2.21. The van der Waals surface area contributed by atoms with Gasteiger partial charge in [0.2, 0.25) is 0 Å². The molecule has 0 aliphatic carbocycles. The zero-order valence-corrected chi connectivity index (χ0v) is 16.8. The van der Waals surface area contributed by atoms with E-state index in [9.17, 15) is 18.0 Å². The molecule has 1 aliphatic rings. The minimum Gasteiger partial charge on any atom is -0.452 e. The van der Waals surface area contributed by atoms with Gasteiger partial charge in [0.05, 0.1) is 17.9 Å². The number of amidine groups is 1. The monoisotopic (exact) mass is 415 g/mol. The molecule has 0 bridgehead atoms. The average molecular weight is 415 g/mol. The van der Waals surface area contributed by atoms with Crippen molar-refractivity contribution < 1.29 is 22.7 Å². The summed E-state index contributed by atoms with van der Waals surface area (Å²) in [5.74, 6) is -0.750. The first-order chi connectivity index (χ1) is 13.8. The Balaban J connectivity index is 1.55. The standard InChI is InChI=1S/C20H21N3O5S/c1-14(20(25)23(2)15-8-4-3-5-9-15)28-18(24)12-13-21-19-16-10-6-7-11-17(16)29(26,27)22-19/h3-11,14H,12-13H2,1-2H3,(H,21,22)/t14-/m1/s1. The van der Waals surface area contributed by atoms with E-state index >= 15 is 0 Å². The molecule has 9 heteroatoms. The quantitative estimate of drug-likeness (QED) is 0.723. The Morgan fingerprint density at radius 2 is 1.76 bits per heavy atom. The van der Waals surface area contributed by atoms with Crippen LogP contribution >= 0.6 is 0 Å². The Morgan fingerprint density at radius 3 is 2.48 bits per heavy atom. The maximum Gasteiger partial charge on any atom is 0.308 e. The number of aliphatic imine (C=N–C) groups is 1. The molecule has 0 saturated heterocycles. The summed E-state index contributed by atoms with van der Waals surface area (Å²) in [6.45, 7) is 1.54. The maximum absolute atomic E-state index is 12.4. The molecule has 2 aromatic carbocycles. The van der Waals surface area contributed by atoms with Gasteiger partial charge in [0.15, 0.2) is 6.10 Å². The molecule has 152 valence electrons. The SMILES string of the molecule is C[C@@H](OC(=O)CCN=C1NS(=O)(=O)c2ccccc21)C(=O)N(C)c1ccccc1. The molecule has 1 amide bonds. The third-order valence-corrected chi connectivity index (χ3v) is 5.78. The van der Waals surface area contributed by atoms with Crippen LogP contribution in [0.2, 0.25) is 0 Å². The summed E-state index contributed by atoms with van der Waals surface area (Å²) in [5, 5.41) is 0. The van der Waals surface area contributed by atoms with Crippen molar-refractivity contribution in [1.82, 2.24) is 4.72 Å². The van der Waals surface area contributed by atoms with Gasteiger partial charge in [-0.1, -0.05) is 30.3 Å². The fourth-order valence-corrected chi connectivity index (χ4v) is 4.12. The molecule has 1 atom stereocenters. The molecule has 3 rings (SSSR count). The number of hydrogen-bond donors (Lipinski definition) is 1. The summed E-state index contributed by atoms with van der Waals surface area (Å²) < 4.78 is 31.6. The summed E-state index contributed by atoms with van der Waals surface area (Å²) in [5.41, 5.74) is 1.16. The van der Waals surface area contributed by atoms with Crippen LogP contribution < -0.4 is 9.62 Å². The highest BCUT2D eigenvalue weighted by atomic mass is 32.2. The number of hydrogen-bond acceptors (Lipinski definition) is 6. The number of likely N-dealkylation sites (N-methyl/N-ethyl adjacent to an activating group) is 1. The molecule has 0 radical (unpaired) electrons. The zero-order valence-electron chi connectivity index (χ0n) is 16.0. The summed E-state index contributed by atoms with van der Waals surface area (Å²) in [7, 11) is -2.01. The van der Waals surface area contributed by atoms with Gasteiger partial charge >= 0.3 is 5.97 Å². The van der Waals surface area contributed by atoms with Gasteiger partial charge in [-0.3, -0.25) is 19.3 Å². The number of carbonyl (C=O) groups is 2. The maximum atomic E-state index is 12.4. The number of rotatable bonds is 6. The molecule has 8 nitrogen and oxygen atoms in total. The van der Waals surface area contributed by atoms with Gasteiger partial charge < -0.3 is 9.64 Å². The van der Waals surface area contributed by atoms with Gasteiger partial charge in [-0.15, -0.1) is 0 Å². The molecule has 0 unspecified atom stereocenters. The van der Waals surface area contributed by atoms with Crippen molar-refractivity contribution in [3.05, 3.63) is 60.2 Å². The van der Waals surface area contributed by atoms with Crippen LogP contribution in [0.5, 0.6) is 0 Å². The molecule has 0 spiro atoms. The smallest absolute Gasteiger partial charge is 0.308 e. The van der Waals surface area contributed by atoms with Gasteiger partial charge in [0.1, 0.15) is 5.84 Å². The van der Waals surface area contributed by atoms with Crippen LogP contribution in [0.3, 0.4) is 0 Å². The number of ether oxygens (including phenoxy) is 1. The number of fused-ring (bicyclic) bond motifs is 1. The third-order valence-electron chi connectivity index (χ3n) is 4.38. The molecule has 0 fully saturated rings. The normalized spacial score (nSPS) is 16.6. The second-order valence-corrected chi connectivity index (χ2v) is 8.10. The van der Waals surface area contributed by atoms with E-state index in [1.165, 1.54) is 17.9 Å². The van der Waals surface area contributed by atoms with Crippen LogP contribution in [0, 0.1) is 0 Å². The van der Waals surface area contributed by atoms with E-state index in [4.69, 9.17) is 4.74 Å². The molecule has 0 aromatic heterocycles. The second-order valence-electron chi connectivity index (χ2n) is 6.45. The summed E-state index contributed by atoms with van der Waals surface area (Å²) >= 11 is 0. The first kappa shape index (κ1) is 20.5. The molecule has 1 N–H and O–H groups in total. The topological polar surface area (TPSA) is 105 Å². The number of esters is 1. The lowest BCUT2D eigenvalue weighted by molar-refractivity contribution is -0.153. The van der Waals surface area contributed by atoms with Gasteiger partial charge in [0, 0.05) is 18.3 Å². The van der Waals surface area contributed by atoms with Crippen molar-refractivity contribution in [2.45, 2.75) is 24.3 Å². The highest BCUT2D eigenvalue weighted by Crippen LogP contribution is 2.22. The van der Waals surface area contributed by atoms with Crippen LogP contribution in [-0.4, -0.2) is 45.8 Å². The minimum absolute atomic E-state index is 0.0282. The molecule has 1 heterocycles. The van der Waals surface area contributed by atoms with E-state index in [1.807, 2.05) is 18.2 Å². The predicted molar refractivity (Wildman–Crippen MR) is 108 cm³/mol. The van der Waals surface area contributed by atoms with Gasteiger partial charge in [-0.05, 0) is 31.2 Å². The number of carbonyl (C=O) groups excluding carboxylic acids is 2. The minimum atomic E-state index is -3.62. The lowest BCUT2D eigenvalue weighted by atomic mass is 10.2. The summed E-state index contributed by atoms with van der Waals surface area (Å²) in [4.78, 5) is 30.2. The summed E-state index contributed by atoms with van der Waals surface area (Å²) in [6.07, 6.45) is -1.04. The first-order valence-electron chi connectivity index (χ1n) is 8.98. The number of anilines is 1. The largest absolute Gasteiger partial charge is 0.452 e. The Morgan fingerprint density at radius 1 is 1.10 bits per heavy atom. The molecule has 2 aromatic rings. The zero-order chi connectivity index (χ0) is 21.0. The predicted octanol–water partition coefficient (Wildman–Crippen LogP) is 1.71. The van der Waals surface area contributed by atoms with E-state index in [0.29, 0.717) is 11.3 Å². The Labute approximate surface area is 169 Å². The van der Waals surface area contributed by atoms with Gasteiger partial charge in [-0.25, -0.2) is 8.42 Å². The number of sulfonamides is 1. The third kappa shape index (κ3) is 4.62. The number of nitrogens with zero attached hydrogens (tertiary/aromatic N) is 2. The lowest BCUT2D eigenvalue weighted by Crippen LogP contribution is -2.37. The van der Waals surface area contributed by atoms with E-state index in [0.717, 1.165) is 0 Å². The fraction of sp³-hybridized carbons (Fsp3) is 0.250. The fourth-order valence-electron chi connectivity index (χ4n) is 2.87. The molecule has 1 aliphatic heterocycles. The van der Waals surface area contributed by atoms with Crippen molar-refractivity contribution in [2.75, 3.05) is 18.5 Å². The second kappa shape index (κ2) is 8.44. The van der Waals surface area contributed by atoms with E-state index in [-0.39, 0.29) is 29.6 Å². The van der Waals surface area contributed by atoms with Crippen LogP contribution in [0.25, 0.3) is 0 Å². The average Bonchev–Trinajstić information content (AvgIpc) is 2.98. The number of para-hydroxylation sites is 1. The molecular formula is C20H21N3O5S.